The van der Waals surface area contributed by atoms with Crippen LogP contribution in [0.25, 0.3) is 0 Å². The maximum absolute atomic E-state index is 12.1. The Morgan fingerprint density at radius 3 is 2.47 bits per heavy atom. The molecule has 0 unspecified atom stereocenters. The quantitative estimate of drug-likeness (QED) is 0.782. The van der Waals surface area contributed by atoms with Crippen LogP contribution in [-0.4, -0.2) is 53.5 Å². The van der Waals surface area contributed by atoms with E-state index in [9.17, 15) is 9.59 Å². The largest absolute Gasteiger partial charge is 0.479 e. The highest BCUT2D eigenvalue weighted by molar-refractivity contribution is 5.75. The first-order chi connectivity index (χ1) is 8.71. The molecule has 1 atom stereocenters. The van der Waals surface area contributed by atoms with E-state index in [0.29, 0.717) is 13.2 Å². The molecule has 0 radical (unpaired) electrons. The number of amides is 1. The van der Waals surface area contributed by atoms with Crippen LogP contribution in [-0.2, 0) is 14.3 Å². The van der Waals surface area contributed by atoms with E-state index in [1.165, 1.54) is 4.90 Å². The van der Waals surface area contributed by atoms with Crippen molar-refractivity contribution in [2.45, 2.75) is 45.3 Å². The fourth-order valence-corrected chi connectivity index (χ4v) is 2.14. The second kappa shape index (κ2) is 4.67. The topological polar surface area (TPSA) is 76.1 Å². The number of carboxylic acid groups (broad SMARTS) is 1. The van der Waals surface area contributed by atoms with Gasteiger partial charge in [0.2, 0.25) is 0 Å². The Bertz CT molecular complexity index is 383. The van der Waals surface area contributed by atoms with E-state index in [1.54, 1.807) is 20.8 Å². The SMILES string of the molecule is CC(C)(C)OC(=O)N1C[C@@H](C(=O)O)OCC2(CC2)C1. The molecule has 1 N–H and O–H groups in total. The van der Waals surface area contributed by atoms with Crippen LogP contribution in [0.5, 0.6) is 0 Å². The van der Waals surface area contributed by atoms with Crippen LogP contribution < -0.4 is 0 Å². The molecule has 2 rings (SSSR count). The zero-order valence-electron chi connectivity index (χ0n) is 11.6. The first-order valence-corrected chi connectivity index (χ1v) is 6.53. The third-order valence-electron chi connectivity index (χ3n) is 3.39. The van der Waals surface area contributed by atoms with Gasteiger partial charge in [-0.15, -0.1) is 0 Å². The molecule has 1 saturated carbocycles. The summed E-state index contributed by atoms with van der Waals surface area (Å²) in [6.45, 7) is 6.35. The predicted octanol–water partition coefficient (Wildman–Crippen LogP) is 1.49. The number of aliphatic carboxylic acids is 1. The van der Waals surface area contributed by atoms with Crippen LogP contribution in [0, 0.1) is 5.41 Å². The van der Waals surface area contributed by atoms with Crippen molar-refractivity contribution >= 4 is 12.1 Å². The van der Waals surface area contributed by atoms with Crippen LogP contribution in [0.1, 0.15) is 33.6 Å². The molecule has 2 aliphatic rings. The Kier molecular flexibility index (Phi) is 3.47. The monoisotopic (exact) mass is 271 g/mol. The van der Waals surface area contributed by atoms with Crippen LogP contribution >= 0.6 is 0 Å². The van der Waals surface area contributed by atoms with Crippen LogP contribution in [0.2, 0.25) is 0 Å². The summed E-state index contributed by atoms with van der Waals surface area (Å²) in [5.74, 6) is -1.04. The summed E-state index contributed by atoms with van der Waals surface area (Å²) < 4.78 is 10.7. The van der Waals surface area contributed by atoms with Crippen molar-refractivity contribution in [1.82, 2.24) is 4.90 Å². The van der Waals surface area contributed by atoms with E-state index in [1.807, 2.05) is 0 Å². The smallest absolute Gasteiger partial charge is 0.410 e. The minimum atomic E-state index is -1.04. The number of nitrogens with zero attached hydrogens (tertiary/aromatic N) is 1. The van der Waals surface area contributed by atoms with Crippen LogP contribution in [0.15, 0.2) is 0 Å². The van der Waals surface area contributed by atoms with Crippen molar-refractivity contribution in [1.29, 1.82) is 0 Å². The van der Waals surface area contributed by atoms with Crippen molar-refractivity contribution in [2.24, 2.45) is 5.41 Å². The van der Waals surface area contributed by atoms with Gasteiger partial charge in [-0.25, -0.2) is 9.59 Å². The Morgan fingerprint density at radius 1 is 1.37 bits per heavy atom. The summed E-state index contributed by atoms with van der Waals surface area (Å²) in [6.07, 6.45) is 0.514. The Morgan fingerprint density at radius 2 is 2.00 bits per heavy atom. The molecule has 1 amide bonds. The highest BCUT2D eigenvalue weighted by Crippen LogP contribution is 2.47. The van der Waals surface area contributed by atoms with Gasteiger partial charge in [0.15, 0.2) is 6.10 Å². The van der Waals surface area contributed by atoms with E-state index in [-0.39, 0.29) is 12.0 Å². The van der Waals surface area contributed by atoms with Gasteiger partial charge >= 0.3 is 12.1 Å². The Labute approximate surface area is 112 Å². The molecular formula is C13H21NO5. The van der Waals surface area contributed by atoms with E-state index >= 15 is 0 Å². The fraction of sp³-hybridized carbons (Fsp3) is 0.846. The molecule has 0 aromatic heterocycles. The number of carbonyl (C=O) groups excluding carboxylic acids is 1. The van der Waals surface area contributed by atoms with Crippen LogP contribution in [0.3, 0.4) is 0 Å². The van der Waals surface area contributed by atoms with E-state index < -0.39 is 23.8 Å². The molecule has 0 aromatic carbocycles. The third-order valence-corrected chi connectivity index (χ3v) is 3.39. The zero-order valence-corrected chi connectivity index (χ0v) is 11.6. The highest BCUT2D eigenvalue weighted by Gasteiger charge is 2.49. The Balaban J connectivity index is 2.07. The minimum Gasteiger partial charge on any atom is -0.479 e. The predicted molar refractivity (Wildman–Crippen MR) is 66.8 cm³/mol. The summed E-state index contributed by atoms with van der Waals surface area (Å²) >= 11 is 0. The van der Waals surface area contributed by atoms with Crippen molar-refractivity contribution in [3.8, 4) is 0 Å². The van der Waals surface area contributed by atoms with Gasteiger partial charge in [0.1, 0.15) is 5.60 Å². The summed E-state index contributed by atoms with van der Waals surface area (Å²) in [6, 6.07) is 0. The van der Waals surface area contributed by atoms with Gasteiger partial charge in [0, 0.05) is 12.0 Å². The molecular weight excluding hydrogens is 250 g/mol. The van der Waals surface area contributed by atoms with Crippen LogP contribution in [0.4, 0.5) is 4.79 Å². The number of rotatable bonds is 1. The lowest BCUT2D eigenvalue weighted by molar-refractivity contribution is -0.150. The molecule has 1 aliphatic heterocycles. The lowest BCUT2D eigenvalue weighted by atomic mass is 10.1. The lowest BCUT2D eigenvalue weighted by Gasteiger charge is -2.28. The maximum Gasteiger partial charge on any atom is 0.410 e. The van der Waals surface area contributed by atoms with Gasteiger partial charge in [-0.2, -0.15) is 0 Å². The van der Waals surface area contributed by atoms with E-state index in [4.69, 9.17) is 14.6 Å². The maximum atomic E-state index is 12.1. The minimum absolute atomic E-state index is 0.0476. The lowest BCUT2D eigenvalue weighted by Crippen LogP contribution is -2.43. The molecule has 1 spiro atoms. The van der Waals surface area contributed by atoms with E-state index in [2.05, 4.69) is 0 Å². The first kappa shape index (κ1) is 14.1. The normalized spacial score (nSPS) is 25.8. The fourth-order valence-electron chi connectivity index (χ4n) is 2.14. The van der Waals surface area contributed by atoms with Gasteiger partial charge in [0.05, 0.1) is 13.2 Å². The van der Waals surface area contributed by atoms with E-state index in [0.717, 1.165) is 12.8 Å². The summed E-state index contributed by atoms with van der Waals surface area (Å²) in [4.78, 5) is 24.7. The molecule has 2 fully saturated rings. The van der Waals surface area contributed by atoms with Gasteiger partial charge in [0.25, 0.3) is 0 Å². The van der Waals surface area contributed by atoms with Crippen molar-refractivity contribution in [2.75, 3.05) is 19.7 Å². The molecule has 19 heavy (non-hydrogen) atoms. The van der Waals surface area contributed by atoms with Gasteiger partial charge in [-0.1, -0.05) is 0 Å². The van der Waals surface area contributed by atoms with Crippen molar-refractivity contribution in [3.05, 3.63) is 0 Å². The van der Waals surface area contributed by atoms with Crippen molar-refractivity contribution in [3.63, 3.8) is 0 Å². The Hall–Kier alpha value is -1.30. The zero-order chi connectivity index (χ0) is 14.3. The number of hydrogen-bond acceptors (Lipinski definition) is 4. The average Bonchev–Trinajstić information content (AvgIpc) is 3.03. The molecule has 1 aliphatic carbocycles. The number of carboxylic acids is 1. The van der Waals surface area contributed by atoms with Crippen molar-refractivity contribution < 1.29 is 24.2 Å². The van der Waals surface area contributed by atoms with Gasteiger partial charge in [-0.05, 0) is 33.6 Å². The number of carbonyl (C=O) groups is 2. The summed E-state index contributed by atoms with van der Waals surface area (Å²) in [7, 11) is 0. The molecule has 0 aromatic rings. The second-order valence-electron chi connectivity index (χ2n) is 6.50. The third kappa shape index (κ3) is 3.59. The van der Waals surface area contributed by atoms with Gasteiger partial charge < -0.3 is 19.5 Å². The summed E-state index contributed by atoms with van der Waals surface area (Å²) in [5, 5.41) is 9.08. The standard InChI is InChI=1S/C13H21NO5/c1-12(2,3)19-11(17)14-6-9(10(15)16)18-8-13(7-14)4-5-13/h9H,4-8H2,1-3H3,(H,15,16)/t9-/m0/s1. The number of ether oxygens (including phenoxy) is 2. The second-order valence-corrected chi connectivity index (χ2v) is 6.50. The van der Waals surface area contributed by atoms with Gasteiger partial charge in [-0.3, -0.25) is 0 Å². The first-order valence-electron chi connectivity index (χ1n) is 6.53. The number of hydrogen-bond donors (Lipinski definition) is 1. The molecule has 1 heterocycles. The molecule has 6 nitrogen and oxygen atoms in total. The molecule has 1 saturated heterocycles. The summed E-state index contributed by atoms with van der Waals surface area (Å²) in [5.41, 5.74) is -0.638. The molecule has 0 bridgehead atoms. The molecule has 108 valence electrons. The molecule has 6 heteroatoms. The average molecular weight is 271 g/mol. The highest BCUT2D eigenvalue weighted by atomic mass is 16.6.